The summed E-state index contributed by atoms with van der Waals surface area (Å²) in [5.41, 5.74) is 0. The number of carbonyl (C=O) groups is 1. The lowest BCUT2D eigenvalue weighted by molar-refractivity contribution is -0.133. The van der Waals surface area contributed by atoms with Crippen molar-refractivity contribution in [3.8, 4) is 5.75 Å². The third kappa shape index (κ3) is 7.01. The average molecular weight is 474 g/mol. The van der Waals surface area contributed by atoms with Crippen molar-refractivity contribution < 1.29 is 9.53 Å². The Kier molecular flexibility index (Phi) is 9.75. The lowest BCUT2D eigenvalue weighted by Crippen LogP contribution is -2.47. The second kappa shape index (κ2) is 11.3. The Morgan fingerprint density at radius 3 is 2.62 bits per heavy atom. The summed E-state index contributed by atoms with van der Waals surface area (Å²) in [6.07, 6.45) is 0.957. The minimum Gasteiger partial charge on any atom is -0.489 e. The molecule has 0 spiro atoms. The largest absolute Gasteiger partial charge is 0.489 e. The van der Waals surface area contributed by atoms with E-state index in [1.807, 2.05) is 56.0 Å². The summed E-state index contributed by atoms with van der Waals surface area (Å²) in [4.78, 5) is 18.3. The fourth-order valence-corrected chi connectivity index (χ4v) is 2.84. The highest BCUT2D eigenvalue weighted by atomic mass is 127. The summed E-state index contributed by atoms with van der Waals surface area (Å²) < 4.78 is 5.86. The SMILES string of the molecule is CN=C(NCC(C)Oc1ccccc1)NC1CCN(C(=O)C(C)C)C1.I. The molecule has 6 nitrogen and oxygen atoms in total. The highest BCUT2D eigenvalue weighted by Crippen LogP contribution is 2.13. The van der Waals surface area contributed by atoms with Gasteiger partial charge in [0, 0.05) is 32.1 Å². The van der Waals surface area contributed by atoms with Crippen LogP contribution in [-0.4, -0.2) is 55.6 Å². The maximum Gasteiger partial charge on any atom is 0.225 e. The Morgan fingerprint density at radius 2 is 2.00 bits per heavy atom. The summed E-state index contributed by atoms with van der Waals surface area (Å²) in [5.74, 6) is 1.87. The highest BCUT2D eigenvalue weighted by molar-refractivity contribution is 14.0. The van der Waals surface area contributed by atoms with Crippen LogP contribution in [0.2, 0.25) is 0 Å². The smallest absolute Gasteiger partial charge is 0.225 e. The molecule has 146 valence electrons. The van der Waals surface area contributed by atoms with Gasteiger partial charge in [0.1, 0.15) is 11.9 Å². The van der Waals surface area contributed by atoms with E-state index < -0.39 is 0 Å². The van der Waals surface area contributed by atoms with E-state index in [9.17, 15) is 4.79 Å². The fourth-order valence-electron chi connectivity index (χ4n) is 2.84. The molecule has 0 aromatic heterocycles. The van der Waals surface area contributed by atoms with Gasteiger partial charge in [-0.15, -0.1) is 24.0 Å². The fraction of sp³-hybridized carbons (Fsp3) is 0.579. The molecule has 2 N–H and O–H groups in total. The van der Waals surface area contributed by atoms with Gasteiger partial charge in [0.05, 0.1) is 6.54 Å². The molecule has 2 atom stereocenters. The van der Waals surface area contributed by atoms with Crippen LogP contribution in [0.5, 0.6) is 5.75 Å². The zero-order chi connectivity index (χ0) is 18.2. The maximum atomic E-state index is 12.1. The van der Waals surface area contributed by atoms with E-state index in [0.29, 0.717) is 6.54 Å². The number of likely N-dealkylation sites (tertiary alicyclic amines) is 1. The average Bonchev–Trinajstić information content (AvgIpc) is 3.07. The van der Waals surface area contributed by atoms with Gasteiger partial charge < -0.3 is 20.3 Å². The number of ether oxygens (including phenoxy) is 1. The van der Waals surface area contributed by atoms with Crippen molar-refractivity contribution >= 4 is 35.8 Å². The number of nitrogens with one attached hydrogen (secondary N) is 2. The predicted octanol–water partition coefficient (Wildman–Crippen LogP) is 2.49. The van der Waals surface area contributed by atoms with Crippen LogP contribution in [0, 0.1) is 5.92 Å². The third-order valence-electron chi connectivity index (χ3n) is 4.20. The minimum atomic E-state index is 0. The number of aliphatic imine (C=N–C) groups is 1. The molecule has 1 aromatic rings. The number of hydrogen-bond donors (Lipinski definition) is 2. The number of carbonyl (C=O) groups excluding carboxylic acids is 1. The molecular weight excluding hydrogens is 443 g/mol. The second-order valence-corrected chi connectivity index (χ2v) is 6.76. The molecule has 7 heteroatoms. The van der Waals surface area contributed by atoms with Gasteiger partial charge in [-0.3, -0.25) is 9.79 Å². The van der Waals surface area contributed by atoms with Crippen molar-refractivity contribution in [1.29, 1.82) is 0 Å². The maximum absolute atomic E-state index is 12.1. The number of guanidine groups is 1. The molecule has 1 amide bonds. The monoisotopic (exact) mass is 474 g/mol. The number of rotatable bonds is 6. The first-order chi connectivity index (χ1) is 12.0. The molecule has 1 aliphatic heterocycles. The van der Waals surface area contributed by atoms with Crippen molar-refractivity contribution in [3.05, 3.63) is 30.3 Å². The molecule has 0 bridgehead atoms. The molecule has 1 heterocycles. The van der Waals surface area contributed by atoms with Crippen molar-refractivity contribution in [2.24, 2.45) is 10.9 Å². The van der Waals surface area contributed by atoms with E-state index in [4.69, 9.17) is 4.74 Å². The van der Waals surface area contributed by atoms with E-state index in [1.54, 1.807) is 7.05 Å². The quantitative estimate of drug-likeness (QED) is 0.378. The van der Waals surface area contributed by atoms with Crippen LogP contribution in [0.4, 0.5) is 0 Å². The number of benzene rings is 1. The number of nitrogens with zero attached hydrogens (tertiary/aromatic N) is 2. The van der Waals surface area contributed by atoms with Gasteiger partial charge in [-0.25, -0.2) is 0 Å². The first kappa shape index (κ1) is 22.5. The van der Waals surface area contributed by atoms with Crippen molar-refractivity contribution in [1.82, 2.24) is 15.5 Å². The Labute approximate surface area is 173 Å². The Hall–Kier alpha value is -1.51. The Morgan fingerprint density at radius 1 is 1.31 bits per heavy atom. The van der Waals surface area contributed by atoms with Crippen LogP contribution in [-0.2, 0) is 4.79 Å². The van der Waals surface area contributed by atoms with E-state index in [2.05, 4.69) is 15.6 Å². The van der Waals surface area contributed by atoms with Gasteiger partial charge in [0.2, 0.25) is 5.91 Å². The first-order valence-electron chi connectivity index (χ1n) is 8.97. The summed E-state index contributed by atoms with van der Waals surface area (Å²) in [7, 11) is 1.75. The highest BCUT2D eigenvalue weighted by Gasteiger charge is 2.27. The lowest BCUT2D eigenvalue weighted by atomic mass is 10.2. The van der Waals surface area contributed by atoms with E-state index >= 15 is 0 Å². The van der Waals surface area contributed by atoms with Gasteiger partial charge in [0.15, 0.2) is 5.96 Å². The molecule has 1 aliphatic rings. The molecule has 0 saturated carbocycles. The van der Waals surface area contributed by atoms with Crippen LogP contribution >= 0.6 is 24.0 Å². The molecule has 1 saturated heterocycles. The molecular formula is C19H31IN4O2. The van der Waals surface area contributed by atoms with Gasteiger partial charge in [-0.05, 0) is 25.5 Å². The van der Waals surface area contributed by atoms with Crippen molar-refractivity contribution in [2.45, 2.75) is 39.3 Å². The number of halogens is 1. The summed E-state index contributed by atoms with van der Waals surface area (Å²) in [6, 6.07) is 10.0. The Balaban J connectivity index is 0.00000338. The third-order valence-corrected chi connectivity index (χ3v) is 4.20. The summed E-state index contributed by atoms with van der Waals surface area (Å²) in [6.45, 7) is 8.09. The van der Waals surface area contributed by atoms with Crippen LogP contribution in [0.1, 0.15) is 27.2 Å². The van der Waals surface area contributed by atoms with Gasteiger partial charge in [-0.2, -0.15) is 0 Å². The minimum absolute atomic E-state index is 0. The molecule has 2 rings (SSSR count). The molecule has 26 heavy (non-hydrogen) atoms. The van der Waals surface area contributed by atoms with Crippen LogP contribution in [0.25, 0.3) is 0 Å². The molecule has 1 fully saturated rings. The molecule has 0 radical (unpaired) electrons. The first-order valence-corrected chi connectivity index (χ1v) is 8.97. The zero-order valence-corrected chi connectivity index (χ0v) is 18.4. The number of hydrogen-bond acceptors (Lipinski definition) is 3. The number of para-hydroxylation sites is 1. The van der Waals surface area contributed by atoms with Crippen molar-refractivity contribution in [3.63, 3.8) is 0 Å². The molecule has 2 unspecified atom stereocenters. The van der Waals surface area contributed by atoms with Crippen LogP contribution in [0.3, 0.4) is 0 Å². The molecule has 0 aliphatic carbocycles. The predicted molar refractivity (Wildman–Crippen MR) is 116 cm³/mol. The zero-order valence-electron chi connectivity index (χ0n) is 16.1. The van der Waals surface area contributed by atoms with Crippen molar-refractivity contribution in [2.75, 3.05) is 26.7 Å². The van der Waals surface area contributed by atoms with E-state index in [-0.39, 0.29) is 47.9 Å². The van der Waals surface area contributed by atoms with E-state index in [0.717, 1.165) is 31.2 Å². The van der Waals surface area contributed by atoms with E-state index in [1.165, 1.54) is 0 Å². The summed E-state index contributed by atoms with van der Waals surface area (Å²) in [5, 5.41) is 6.69. The normalized spacial score (nSPS) is 18.3. The van der Waals surface area contributed by atoms with Crippen LogP contribution < -0.4 is 15.4 Å². The molecule has 1 aromatic carbocycles. The topological polar surface area (TPSA) is 66.0 Å². The Bertz CT molecular complexity index is 580. The van der Waals surface area contributed by atoms with Crippen LogP contribution in [0.15, 0.2) is 35.3 Å². The standard InChI is InChI=1S/C19H30N4O2.HI/c1-14(2)18(24)23-11-10-16(13-23)22-19(20-4)21-12-15(3)25-17-8-6-5-7-9-17;/h5-9,14-16H,10-13H2,1-4H3,(H2,20,21,22);1H. The summed E-state index contributed by atoms with van der Waals surface area (Å²) >= 11 is 0. The lowest BCUT2D eigenvalue weighted by Gasteiger charge is -2.21. The number of amides is 1. The van der Waals surface area contributed by atoms with Gasteiger partial charge >= 0.3 is 0 Å². The second-order valence-electron chi connectivity index (χ2n) is 6.76. The van der Waals surface area contributed by atoms with Gasteiger partial charge in [-0.1, -0.05) is 32.0 Å². The van der Waals surface area contributed by atoms with Gasteiger partial charge in [0.25, 0.3) is 0 Å².